The molecule has 196 valence electrons. The fourth-order valence-electron chi connectivity index (χ4n) is 6.53. The summed E-state index contributed by atoms with van der Waals surface area (Å²) in [6.45, 7) is 0. The highest BCUT2D eigenvalue weighted by Gasteiger charge is 2.20. The van der Waals surface area contributed by atoms with Crippen LogP contribution in [0.5, 0.6) is 0 Å². The van der Waals surface area contributed by atoms with E-state index in [0.29, 0.717) is 0 Å². The number of nitrogens with zero attached hydrogens (tertiary/aromatic N) is 4. The van der Waals surface area contributed by atoms with Crippen molar-refractivity contribution in [1.82, 2.24) is 19.1 Å². The number of benzene rings is 6. The van der Waals surface area contributed by atoms with E-state index in [4.69, 9.17) is 4.98 Å². The lowest BCUT2D eigenvalue weighted by molar-refractivity contribution is 1.17. The minimum Gasteiger partial charge on any atom is -0.309 e. The van der Waals surface area contributed by atoms with Crippen LogP contribution in [0, 0.1) is 0 Å². The highest BCUT2D eigenvalue weighted by molar-refractivity contribution is 6.28. The second-order valence-corrected chi connectivity index (χ2v) is 10.7. The Morgan fingerprint density at radius 3 is 1.57 bits per heavy atom. The molecule has 0 radical (unpaired) electrons. The van der Waals surface area contributed by atoms with Crippen LogP contribution in [0.3, 0.4) is 0 Å². The van der Waals surface area contributed by atoms with Gasteiger partial charge >= 0.3 is 0 Å². The quantitative estimate of drug-likeness (QED) is 0.225. The van der Waals surface area contributed by atoms with E-state index in [1.807, 2.05) is 30.5 Å². The first kappa shape index (κ1) is 23.0. The lowest BCUT2D eigenvalue weighted by Crippen LogP contribution is -1.95. The normalized spacial score (nSPS) is 11.8. The zero-order valence-electron chi connectivity index (χ0n) is 22.6. The third-order valence-electron chi connectivity index (χ3n) is 8.36. The third kappa shape index (κ3) is 3.29. The lowest BCUT2D eigenvalue weighted by atomic mass is 10.1. The Morgan fingerprint density at radius 1 is 0.405 bits per heavy atom. The van der Waals surface area contributed by atoms with Crippen molar-refractivity contribution in [2.75, 3.05) is 0 Å². The van der Waals surface area contributed by atoms with E-state index in [-0.39, 0.29) is 0 Å². The summed E-state index contributed by atoms with van der Waals surface area (Å²) < 4.78 is 4.77. The summed E-state index contributed by atoms with van der Waals surface area (Å²) in [5.74, 6) is 0. The molecule has 3 heterocycles. The van der Waals surface area contributed by atoms with Gasteiger partial charge in [0.25, 0.3) is 0 Å². The van der Waals surface area contributed by atoms with E-state index >= 15 is 0 Å². The summed E-state index contributed by atoms with van der Waals surface area (Å²) in [5, 5.41) is 5.07. The zero-order valence-corrected chi connectivity index (χ0v) is 22.6. The van der Waals surface area contributed by atoms with Gasteiger partial charge in [0.1, 0.15) is 0 Å². The summed E-state index contributed by atoms with van der Waals surface area (Å²) in [6.07, 6.45) is 1.86. The highest BCUT2D eigenvalue weighted by atomic mass is 15.0. The van der Waals surface area contributed by atoms with Crippen LogP contribution >= 0.6 is 0 Å². The molecule has 42 heavy (non-hydrogen) atoms. The van der Waals surface area contributed by atoms with E-state index in [2.05, 4.69) is 129 Å². The average Bonchev–Trinajstić information content (AvgIpc) is 3.58. The monoisotopic (exact) mass is 536 g/mol. The highest BCUT2D eigenvalue weighted by Crippen LogP contribution is 2.42. The Labute approximate surface area is 241 Å². The number of fused-ring (bicyclic) bond motifs is 8. The predicted octanol–water partition coefficient (Wildman–Crippen LogP) is 9.49. The van der Waals surface area contributed by atoms with Gasteiger partial charge in [-0.3, -0.25) is 4.98 Å². The minimum atomic E-state index is 0.873. The second-order valence-electron chi connectivity index (χ2n) is 10.7. The number of para-hydroxylation sites is 5. The van der Waals surface area contributed by atoms with Gasteiger partial charge < -0.3 is 9.13 Å². The van der Waals surface area contributed by atoms with E-state index in [9.17, 15) is 0 Å². The van der Waals surface area contributed by atoms with Gasteiger partial charge in [-0.1, -0.05) is 78.9 Å². The maximum atomic E-state index is 4.86. The Balaban J connectivity index is 1.30. The third-order valence-corrected chi connectivity index (χ3v) is 8.36. The Kier molecular flexibility index (Phi) is 4.87. The molecule has 0 aliphatic heterocycles. The molecule has 6 aromatic carbocycles. The van der Waals surface area contributed by atoms with Crippen molar-refractivity contribution < 1.29 is 0 Å². The van der Waals surface area contributed by atoms with Crippen LogP contribution in [0.25, 0.3) is 77.3 Å². The molecule has 0 N–H and O–H groups in total. The molecule has 3 aromatic heterocycles. The van der Waals surface area contributed by atoms with Crippen molar-refractivity contribution in [2.24, 2.45) is 0 Å². The van der Waals surface area contributed by atoms with Crippen LogP contribution in [0.1, 0.15) is 0 Å². The average molecular weight is 537 g/mol. The molecule has 4 nitrogen and oxygen atoms in total. The number of hydrogen-bond acceptors (Lipinski definition) is 2. The molecular formula is C38H24N4. The van der Waals surface area contributed by atoms with E-state index in [1.165, 1.54) is 49.3 Å². The first-order valence-corrected chi connectivity index (χ1v) is 14.2. The van der Waals surface area contributed by atoms with Gasteiger partial charge in [0, 0.05) is 38.5 Å². The lowest BCUT2D eigenvalue weighted by Gasteiger charge is -2.10. The van der Waals surface area contributed by atoms with Gasteiger partial charge in [-0.25, -0.2) is 4.98 Å². The van der Waals surface area contributed by atoms with Crippen molar-refractivity contribution >= 4 is 54.6 Å². The van der Waals surface area contributed by atoms with Gasteiger partial charge in [0.15, 0.2) is 0 Å². The van der Waals surface area contributed by atoms with Crippen molar-refractivity contribution in [1.29, 1.82) is 0 Å². The topological polar surface area (TPSA) is 35.6 Å². The first-order valence-electron chi connectivity index (χ1n) is 14.2. The van der Waals surface area contributed by atoms with Crippen molar-refractivity contribution in [3.63, 3.8) is 0 Å². The SMILES string of the molecule is c1ccc(-n2c3ccccc3c3c4c5ccccc5n(-c5ccc(-c6cnc7ccccc7n6)cc5)c4ccc32)cc1. The van der Waals surface area contributed by atoms with Gasteiger partial charge in [-0.05, 0) is 60.7 Å². The number of hydrogen-bond donors (Lipinski definition) is 0. The van der Waals surface area contributed by atoms with Crippen LogP contribution in [-0.2, 0) is 0 Å². The van der Waals surface area contributed by atoms with Crippen LogP contribution in [-0.4, -0.2) is 19.1 Å². The van der Waals surface area contributed by atoms with E-state index in [0.717, 1.165) is 28.0 Å². The molecule has 9 rings (SSSR count). The number of rotatable bonds is 3. The number of aromatic nitrogens is 4. The molecule has 0 bridgehead atoms. The molecular weight excluding hydrogens is 512 g/mol. The molecule has 0 unspecified atom stereocenters. The summed E-state index contributed by atoms with van der Waals surface area (Å²) in [4.78, 5) is 9.48. The summed E-state index contributed by atoms with van der Waals surface area (Å²) in [7, 11) is 0. The molecule has 9 aromatic rings. The molecule has 0 spiro atoms. The van der Waals surface area contributed by atoms with Crippen LogP contribution in [0.15, 0.2) is 146 Å². The van der Waals surface area contributed by atoms with Gasteiger partial charge in [-0.15, -0.1) is 0 Å². The molecule has 0 saturated heterocycles. The summed E-state index contributed by atoms with van der Waals surface area (Å²) in [5.41, 5.74) is 10.8. The van der Waals surface area contributed by atoms with E-state index in [1.54, 1.807) is 0 Å². The smallest absolute Gasteiger partial charge is 0.0894 e. The maximum absolute atomic E-state index is 4.86. The molecule has 0 saturated carbocycles. The fraction of sp³-hybridized carbons (Fsp3) is 0. The van der Waals surface area contributed by atoms with Crippen LogP contribution in [0.2, 0.25) is 0 Å². The molecule has 0 amide bonds. The van der Waals surface area contributed by atoms with Crippen LogP contribution < -0.4 is 0 Å². The molecule has 0 aliphatic carbocycles. The molecule has 0 fully saturated rings. The maximum Gasteiger partial charge on any atom is 0.0894 e. The predicted molar refractivity (Wildman–Crippen MR) is 174 cm³/mol. The van der Waals surface area contributed by atoms with Crippen molar-refractivity contribution in [3.8, 4) is 22.6 Å². The van der Waals surface area contributed by atoms with Gasteiger partial charge in [0.05, 0.1) is 45.0 Å². The zero-order chi connectivity index (χ0) is 27.6. The standard InChI is InChI=1S/C38H24N4/c1-2-10-26(11-3-1)41-33-16-8-4-12-28(33)37-35(41)22-23-36-38(37)29-13-5-9-17-34(29)42(36)27-20-18-25(19-21-27)32-24-39-30-14-6-7-15-31(30)40-32/h1-24H. The van der Waals surface area contributed by atoms with Gasteiger partial charge in [0.2, 0.25) is 0 Å². The summed E-state index contributed by atoms with van der Waals surface area (Å²) >= 11 is 0. The van der Waals surface area contributed by atoms with Crippen molar-refractivity contribution in [3.05, 3.63) is 146 Å². The fourth-order valence-corrected chi connectivity index (χ4v) is 6.53. The van der Waals surface area contributed by atoms with E-state index < -0.39 is 0 Å². The molecule has 0 aliphatic rings. The van der Waals surface area contributed by atoms with Crippen LogP contribution in [0.4, 0.5) is 0 Å². The molecule has 4 heteroatoms. The minimum absolute atomic E-state index is 0.873. The summed E-state index contributed by atoms with van der Waals surface area (Å²) in [6, 6.07) is 49.3. The molecule has 0 atom stereocenters. The van der Waals surface area contributed by atoms with Crippen molar-refractivity contribution in [2.45, 2.75) is 0 Å². The first-order chi connectivity index (χ1) is 20.8. The Bertz CT molecular complexity index is 2450. The largest absolute Gasteiger partial charge is 0.309 e. The Morgan fingerprint density at radius 2 is 0.929 bits per heavy atom. The Hall–Kier alpha value is -5.74. The second kappa shape index (κ2) is 8.88. The van der Waals surface area contributed by atoms with Gasteiger partial charge in [-0.2, -0.15) is 0 Å².